The molecule has 5 nitrogen and oxygen atoms in total. The van der Waals surface area contributed by atoms with Gasteiger partial charge >= 0.3 is 5.97 Å². The number of fused-ring (bicyclic) bond motifs is 2. The monoisotopic (exact) mass is 328 g/mol. The molecule has 0 atom stereocenters. The van der Waals surface area contributed by atoms with Gasteiger partial charge in [0.1, 0.15) is 9.71 Å². The number of nitrogens with two attached hydrogens (primary N) is 1. The van der Waals surface area contributed by atoms with E-state index in [2.05, 4.69) is 13.8 Å². The number of carboxylic acid groups (broad SMARTS) is 1. The molecule has 1 aliphatic carbocycles. The van der Waals surface area contributed by atoms with Crippen molar-refractivity contribution in [1.82, 2.24) is 4.98 Å². The fourth-order valence-electron chi connectivity index (χ4n) is 3.43. The number of nitrogen functional groups attached to an aromatic ring is 1. The highest BCUT2D eigenvalue weighted by molar-refractivity contribution is 7.21. The minimum absolute atomic E-state index is 0.0237. The second-order valence-corrected chi connectivity index (χ2v) is 7.54. The molecular weight excluding hydrogens is 312 g/mol. The third-order valence-electron chi connectivity index (χ3n) is 4.62. The molecular formula is C17H16N2O3S. The molecule has 6 heteroatoms. The smallest absolute Gasteiger partial charge is 0.348 e. The lowest BCUT2D eigenvalue weighted by molar-refractivity contribution is 0.0703. The summed E-state index contributed by atoms with van der Waals surface area (Å²) in [6.45, 7) is 4.35. The number of carboxylic acids is 1. The van der Waals surface area contributed by atoms with Gasteiger partial charge in [-0.15, -0.1) is 11.3 Å². The summed E-state index contributed by atoms with van der Waals surface area (Å²) >= 11 is 1.14. The van der Waals surface area contributed by atoms with E-state index in [-0.39, 0.29) is 10.3 Å². The van der Waals surface area contributed by atoms with Gasteiger partial charge in [-0.3, -0.25) is 0 Å². The van der Waals surface area contributed by atoms with Crippen LogP contribution in [0.15, 0.2) is 23.0 Å². The van der Waals surface area contributed by atoms with Crippen molar-refractivity contribution in [3.8, 4) is 11.1 Å². The number of aromatic carboxylic acids is 1. The SMILES string of the molecule is CC1(C)CCc2c1nc1sc(C(=O)O)c(N)c1c2-c1ccoc1. The molecule has 0 unspecified atom stereocenters. The standard InChI is InChI=1S/C17H16N2O3S/c1-17(2)5-3-9-10(8-4-6-22-7-8)11-12(18)13(16(20)21)23-15(11)19-14(9)17/h4,6-7H,3,5,18H2,1-2H3,(H,20,21). The summed E-state index contributed by atoms with van der Waals surface area (Å²) in [4.78, 5) is 17.1. The molecule has 1 aliphatic rings. The van der Waals surface area contributed by atoms with Crippen molar-refractivity contribution in [2.45, 2.75) is 32.1 Å². The lowest BCUT2D eigenvalue weighted by atomic mass is 9.89. The number of furan rings is 1. The number of thiophene rings is 1. The largest absolute Gasteiger partial charge is 0.477 e. The van der Waals surface area contributed by atoms with Gasteiger partial charge in [0, 0.05) is 21.9 Å². The fourth-order valence-corrected chi connectivity index (χ4v) is 4.38. The number of rotatable bonds is 2. The molecule has 0 aromatic carbocycles. The van der Waals surface area contributed by atoms with Crippen molar-refractivity contribution in [2.24, 2.45) is 0 Å². The second-order valence-electron chi connectivity index (χ2n) is 6.54. The van der Waals surface area contributed by atoms with E-state index in [9.17, 15) is 9.90 Å². The highest BCUT2D eigenvalue weighted by Gasteiger charge is 2.36. The highest BCUT2D eigenvalue weighted by Crippen LogP contribution is 2.48. The molecule has 0 amide bonds. The molecule has 0 bridgehead atoms. The van der Waals surface area contributed by atoms with Crippen molar-refractivity contribution in [3.05, 3.63) is 34.7 Å². The van der Waals surface area contributed by atoms with E-state index in [0.29, 0.717) is 10.5 Å². The highest BCUT2D eigenvalue weighted by atomic mass is 32.1. The van der Waals surface area contributed by atoms with E-state index < -0.39 is 5.97 Å². The first-order valence-corrected chi connectivity index (χ1v) is 8.23. The number of nitrogens with zero attached hydrogens (tertiary/aromatic N) is 1. The van der Waals surface area contributed by atoms with Crippen LogP contribution < -0.4 is 5.73 Å². The van der Waals surface area contributed by atoms with E-state index in [0.717, 1.165) is 51.9 Å². The van der Waals surface area contributed by atoms with Crippen molar-refractivity contribution in [1.29, 1.82) is 0 Å². The number of carbonyl (C=O) groups is 1. The summed E-state index contributed by atoms with van der Waals surface area (Å²) < 4.78 is 5.25. The quantitative estimate of drug-likeness (QED) is 0.740. The Morgan fingerprint density at radius 1 is 1.48 bits per heavy atom. The van der Waals surface area contributed by atoms with Crippen molar-refractivity contribution in [3.63, 3.8) is 0 Å². The molecule has 0 saturated carbocycles. The Hall–Kier alpha value is -2.34. The minimum Gasteiger partial charge on any atom is -0.477 e. The minimum atomic E-state index is -1.01. The third kappa shape index (κ3) is 1.91. The van der Waals surface area contributed by atoms with Crippen LogP contribution in [0, 0.1) is 0 Å². The zero-order valence-electron chi connectivity index (χ0n) is 12.8. The van der Waals surface area contributed by atoms with E-state index in [1.165, 1.54) is 0 Å². The predicted molar refractivity (Wildman–Crippen MR) is 90.0 cm³/mol. The maximum absolute atomic E-state index is 11.5. The summed E-state index contributed by atoms with van der Waals surface area (Å²) in [6.07, 6.45) is 5.22. The molecule has 0 fully saturated rings. The Balaban J connectivity index is 2.17. The van der Waals surface area contributed by atoms with Gasteiger partial charge in [0.15, 0.2) is 0 Å². The van der Waals surface area contributed by atoms with Crippen LogP contribution in [0.5, 0.6) is 0 Å². The third-order valence-corrected chi connectivity index (χ3v) is 5.71. The van der Waals surface area contributed by atoms with Gasteiger partial charge in [0.2, 0.25) is 0 Å². The molecule has 0 spiro atoms. The Morgan fingerprint density at radius 3 is 2.91 bits per heavy atom. The lowest BCUT2D eigenvalue weighted by Crippen LogP contribution is -2.14. The van der Waals surface area contributed by atoms with Gasteiger partial charge in [-0.2, -0.15) is 0 Å². The maximum Gasteiger partial charge on any atom is 0.348 e. The second kappa shape index (κ2) is 4.58. The van der Waals surface area contributed by atoms with E-state index in [1.807, 2.05) is 6.07 Å². The van der Waals surface area contributed by atoms with Gasteiger partial charge in [-0.25, -0.2) is 9.78 Å². The van der Waals surface area contributed by atoms with Crippen LogP contribution in [0.3, 0.4) is 0 Å². The lowest BCUT2D eigenvalue weighted by Gasteiger charge is -2.18. The molecule has 4 rings (SSSR count). The Labute approximate surface area is 136 Å². The molecule has 3 heterocycles. The molecule has 3 aromatic rings. The Bertz CT molecular complexity index is 939. The van der Waals surface area contributed by atoms with E-state index in [4.69, 9.17) is 15.1 Å². The van der Waals surface area contributed by atoms with Gasteiger partial charge < -0.3 is 15.3 Å². The first-order chi connectivity index (χ1) is 10.9. The molecule has 23 heavy (non-hydrogen) atoms. The van der Waals surface area contributed by atoms with Gasteiger partial charge in [0.25, 0.3) is 0 Å². The zero-order chi connectivity index (χ0) is 16.4. The molecule has 3 aromatic heterocycles. The molecule has 0 saturated heterocycles. The number of anilines is 1. The maximum atomic E-state index is 11.5. The van der Waals surface area contributed by atoms with Gasteiger partial charge in [-0.1, -0.05) is 13.8 Å². The number of hydrogen-bond donors (Lipinski definition) is 2. The zero-order valence-corrected chi connectivity index (χ0v) is 13.7. The van der Waals surface area contributed by atoms with Crippen LogP contribution in [-0.4, -0.2) is 16.1 Å². The summed E-state index contributed by atoms with van der Waals surface area (Å²) in [5.74, 6) is -1.01. The molecule has 0 radical (unpaired) electrons. The number of pyridine rings is 1. The summed E-state index contributed by atoms with van der Waals surface area (Å²) in [7, 11) is 0. The normalized spacial score (nSPS) is 15.9. The van der Waals surface area contributed by atoms with Gasteiger partial charge in [0.05, 0.1) is 23.9 Å². The average molecular weight is 328 g/mol. The number of hydrogen-bond acceptors (Lipinski definition) is 5. The first kappa shape index (κ1) is 14.3. The summed E-state index contributed by atoms with van der Waals surface area (Å²) in [5.41, 5.74) is 10.5. The van der Waals surface area contributed by atoms with Crippen molar-refractivity contribution in [2.75, 3.05) is 5.73 Å². The summed E-state index contributed by atoms with van der Waals surface area (Å²) in [5, 5.41) is 10.1. The Kier molecular flexibility index (Phi) is 2.84. The van der Waals surface area contributed by atoms with Crippen LogP contribution in [0.1, 0.15) is 41.2 Å². The molecule has 118 valence electrons. The van der Waals surface area contributed by atoms with Crippen LogP contribution in [0.25, 0.3) is 21.3 Å². The van der Waals surface area contributed by atoms with Crippen molar-refractivity contribution >= 4 is 33.2 Å². The van der Waals surface area contributed by atoms with Crippen molar-refractivity contribution < 1.29 is 14.3 Å². The first-order valence-electron chi connectivity index (χ1n) is 7.41. The fraction of sp³-hybridized carbons (Fsp3) is 0.294. The summed E-state index contributed by atoms with van der Waals surface area (Å²) in [6, 6.07) is 1.89. The Morgan fingerprint density at radius 2 is 2.26 bits per heavy atom. The van der Waals surface area contributed by atoms with Crippen LogP contribution in [0.4, 0.5) is 5.69 Å². The van der Waals surface area contributed by atoms with Crippen LogP contribution in [0.2, 0.25) is 0 Å². The van der Waals surface area contributed by atoms with E-state index >= 15 is 0 Å². The van der Waals surface area contributed by atoms with Crippen LogP contribution >= 0.6 is 11.3 Å². The average Bonchev–Trinajstić information content (AvgIpc) is 3.18. The number of aromatic nitrogens is 1. The topological polar surface area (TPSA) is 89.3 Å². The molecule has 0 aliphatic heterocycles. The van der Waals surface area contributed by atoms with Crippen LogP contribution in [-0.2, 0) is 11.8 Å². The van der Waals surface area contributed by atoms with Gasteiger partial charge in [-0.05, 0) is 24.5 Å². The predicted octanol–water partition coefficient (Wildman–Crippen LogP) is 4.06. The molecule has 3 N–H and O–H groups in total. The van der Waals surface area contributed by atoms with E-state index in [1.54, 1.807) is 12.5 Å².